The molecule has 0 spiro atoms. The highest BCUT2D eigenvalue weighted by Crippen LogP contribution is 2.43. The first kappa shape index (κ1) is 20.2. The van der Waals surface area contributed by atoms with Crippen molar-refractivity contribution in [2.75, 3.05) is 5.75 Å². The Bertz CT molecular complexity index is 1010. The van der Waals surface area contributed by atoms with Gasteiger partial charge in [-0.25, -0.2) is 0 Å². The van der Waals surface area contributed by atoms with Gasteiger partial charge >= 0.3 is 0 Å². The number of thiophene rings is 1. The van der Waals surface area contributed by atoms with E-state index >= 15 is 0 Å². The predicted molar refractivity (Wildman–Crippen MR) is 114 cm³/mol. The summed E-state index contributed by atoms with van der Waals surface area (Å²) in [6, 6.07) is 1.60. The minimum Gasteiger partial charge on any atom is -0.386 e. The maximum absolute atomic E-state index is 13.1. The lowest BCUT2D eigenvalue weighted by Crippen LogP contribution is -2.54. The van der Waals surface area contributed by atoms with Crippen LogP contribution in [0.25, 0.3) is 0 Å². The van der Waals surface area contributed by atoms with Crippen LogP contribution in [0.5, 0.6) is 0 Å². The smallest absolute Gasteiger partial charge is 0.261 e. The molecule has 0 radical (unpaired) electrons. The highest BCUT2D eigenvalue weighted by Gasteiger charge is 2.46. The van der Waals surface area contributed by atoms with E-state index in [0.717, 1.165) is 11.7 Å². The zero-order chi connectivity index (χ0) is 20.0. The lowest BCUT2D eigenvalue weighted by atomic mass is 10.0. The molecule has 0 fully saturated rings. The molecule has 2 atom stereocenters. The number of halogens is 1. The third-order valence-electron chi connectivity index (χ3n) is 4.67. The van der Waals surface area contributed by atoms with E-state index in [1.54, 1.807) is 26.1 Å². The van der Waals surface area contributed by atoms with Gasteiger partial charge in [-0.2, -0.15) is 8.75 Å². The van der Waals surface area contributed by atoms with Crippen LogP contribution >= 0.6 is 34.7 Å². The molecule has 3 heterocycles. The molecule has 0 saturated heterocycles. The molecule has 146 valence electrons. The fourth-order valence-electron chi connectivity index (χ4n) is 2.74. The largest absolute Gasteiger partial charge is 0.386 e. The Hall–Kier alpha value is -1.49. The van der Waals surface area contributed by atoms with Gasteiger partial charge in [-0.1, -0.05) is 11.6 Å². The summed E-state index contributed by atoms with van der Waals surface area (Å²) in [6.45, 7) is 5.66. The molecule has 0 saturated carbocycles. The second-order valence-electron chi connectivity index (χ2n) is 7.11. The van der Waals surface area contributed by atoms with E-state index in [0.29, 0.717) is 20.5 Å². The van der Waals surface area contributed by atoms with Crippen LogP contribution in [0.15, 0.2) is 17.3 Å². The van der Waals surface area contributed by atoms with E-state index in [4.69, 9.17) is 17.3 Å². The lowest BCUT2D eigenvalue weighted by Gasteiger charge is -2.40. The number of nitrogens with zero attached hydrogens (tertiary/aromatic N) is 3. The molecule has 0 aliphatic carbocycles. The zero-order valence-corrected chi connectivity index (χ0v) is 18.3. The summed E-state index contributed by atoms with van der Waals surface area (Å²) in [6.07, 6.45) is 1.60. The van der Waals surface area contributed by atoms with E-state index in [2.05, 4.69) is 24.9 Å². The van der Waals surface area contributed by atoms with Crippen LogP contribution in [-0.2, 0) is 21.6 Å². The molecule has 1 aliphatic heterocycles. The summed E-state index contributed by atoms with van der Waals surface area (Å²) in [7, 11) is -2.56. The summed E-state index contributed by atoms with van der Waals surface area (Å²) in [5.74, 6) is 4.14. The molecular formula is C16H20ClN5O2S3. The molecule has 1 amide bonds. The number of aliphatic imine (C=N–C) groups is 1. The first-order valence-electron chi connectivity index (χ1n) is 8.01. The number of carbonyl (C=O) groups excluding carboxylic acids is 1. The monoisotopic (exact) mass is 445 g/mol. The highest BCUT2D eigenvalue weighted by atomic mass is 35.5. The van der Waals surface area contributed by atoms with E-state index in [9.17, 15) is 9.00 Å². The van der Waals surface area contributed by atoms with Crippen LogP contribution in [0.1, 0.15) is 41.0 Å². The van der Waals surface area contributed by atoms with Gasteiger partial charge in [-0.05, 0) is 42.2 Å². The van der Waals surface area contributed by atoms with Crippen molar-refractivity contribution in [3.63, 3.8) is 0 Å². The van der Waals surface area contributed by atoms with Gasteiger partial charge in [0.15, 0.2) is 0 Å². The maximum Gasteiger partial charge on any atom is 0.261 e. The standard InChI is InChI=1S/C16H20ClN5O2S3/c1-15(2)14(18)21-16(3,8-27(15,4)24)12-10(17)5-11(25-12)13(23)19-6-9-7-20-26-22-9/h5,7H,4,6,8H2,1-3H3,(H2,18,21)(H,19,23)/t16-,27?/m0/s1. The number of carbonyl (C=O) groups is 1. The van der Waals surface area contributed by atoms with Crippen molar-refractivity contribution in [2.45, 2.75) is 37.6 Å². The first-order valence-corrected chi connectivity index (χ1v) is 11.8. The molecule has 1 unspecified atom stereocenters. The van der Waals surface area contributed by atoms with E-state index in [1.807, 2.05) is 6.92 Å². The predicted octanol–water partition coefficient (Wildman–Crippen LogP) is 2.26. The summed E-state index contributed by atoms with van der Waals surface area (Å²) in [5, 5.41) is 3.18. The van der Waals surface area contributed by atoms with Crippen molar-refractivity contribution in [2.24, 2.45) is 10.7 Å². The molecule has 3 N–H and O–H groups in total. The SMILES string of the molecule is C=S1(=O)C[C@@](C)(c2sc(C(=O)NCc3cnsn3)cc2Cl)N=C(N)C1(C)C. The molecular weight excluding hydrogens is 426 g/mol. The van der Waals surface area contributed by atoms with Crippen molar-refractivity contribution in [1.82, 2.24) is 14.1 Å². The molecule has 1 aliphatic rings. The minimum absolute atomic E-state index is 0.208. The van der Waals surface area contributed by atoms with Crippen LogP contribution in [0, 0.1) is 0 Å². The van der Waals surface area contributed by atoms with Crippen molar-refractivity contribution in [3.8, 4) is 0 Å². The summed E-state index contributed by atoms with van der Waals surface area (Å²) in [5.41, 5.74) is 5.92. The molecule has 2 aromatic rings. The first-order chi connectivity index (χ1) is 12.5. The molecule has 11 heteroatoms. The van der Waals surface area contributed by atoms with Crippen molar-refractivity contribution in [1.29, 1.82) is 0 Å². The van der Waals surface area contributed by atoms with Gasteiger partial charge in [-0.15, -0.1) is 11.3 Å². The van der Waals surface area contributed by atoms with Crippen LogP contribution in [0.3, 0.4) is 0 Å². The van der Waals surface area contributed by atoms with Crippen molar-refractivity contribution in [3.05, 3.63) is 32.7 Å². The van der Waals surface area contributed by atoms with E-state index < -0.39 is 19.8 Å². The Morgan fingerprint density at radius 2 is 2.19 bits per heavy atom. The number of rotatable bonds is 4. The molecule has 2 aromatic heterocycles. The number of aromatic nitrogens is 2. The van der Waals surface area contributed by atoms with Crippen molar-refractivity contribution >= 4 is 61.8 Å². The second kappa shape index (κ2) is 6.84. The van der Waals surface area contributed by atoms with Crippen LogP contribution in [0.2, 0.25) is 5.02 Å². The minimum atomic E-state index is -2.56. The molecule has 3 rings (SSSR count). The zero-order valence-electron chi connectivity index (χ0n) is 15.1. The van der Waals surface area contributed by atoms with Crippen LogP contribution < -0.4 is 11.1 Å². The third-order valence-corrected chi connectivity index (χ3v) is 10.1. The Morgan fingerprint density at radius 3 is 2.78 bits per heavy atom. The fraction of sp³-hybridized carbons (Fsp3) is 0.438. The summed E-state index contributed by atoms with van der Waals surface area (Å²) >= 11 is 8.71. The van der Waals surface area contributed by atoms with Gasteiger partial charge in [0.2, 0.25) is 0 Å². The number of hydrogen-bond acceptors (Lipinski definition) is 8. The summed E-state index contributed by atoms with van der Waals surface area (Å²) in [4.78, 5) is 18.2. The molecule has 7 nitrogen and oxygen atoms in total. The number of nitrogens with two attached hydrogens (primary N) is 1. The van der Waals surface area contributed by atoms with Crippen LogP contribution in [0.4, 0.5) is 0 Å². The number of amidine groups is 1. The number of nitrogens with one attached hydrogen (secondary N) is 1. The average Bonchev–Trinajstić information content (AvgIpc) is 3.20. The lowest BCUT2D eigenvalue weighted by molar-refractivity contribution is 0.0954. The molecule has 0 bridgehead atoms. The number of amides is 1. The maximum atomic E-state index is 13.1. The van der Waals surface area contributed by atoms with Crippen molar-refractivity contribution < 1.29 is 9.00 Å². The molecule has 27 heavy (non-hydrogen) atoms. The highest BCUT2D eigenvalue weighted by molar-refractivity contribution is 8.02. The Labute approximate surface area is 171 Å². The topological polar surface area (TPSA) is 110 Å². The Morgan fingerprint density at radius 1 is 1.48 bits per heavy atom. The second-order valence-corrected chi connectivity index (χ2v) is 12.1. The molecule has 0 aromatic carbocycles. The van der Waals surface area contributed by atoms with Gasteiger partial charge < -0.3 is 11.1 Å². The van der Waals surface area contributed by atoms with Gasteiger partial charge in [0.05, 0.1) is 49.7 Å². The van der Waals surface area contributed by atoms with Gasteiger partial charge in [-0.3, -0.25) is 14.0 Å². The van der Waals surface area contributed by atoms with E-state index in [1.165, 1.54) is 11.3 Å². The fourth-order valence-corrected chi connectivity index (χ4v) is 6.72. The van der Waals surface area contributed by atoms with Crippen LogP contribution in [-0.4, -0.2) is 41.1 Å². The van der Waals surface area contributed by atoms with Gasteiger partial charge in [0.1, 0.15) is 11.4 Å². The van der Waals surface area contributed by atoms with Gasteiger partial charge in [0, 0.05) is 5.75 Å². The quantitative estimate of drug-likeness (QED) is 0.701. The normalized spacial score (nSPS) is 27.2. The third kappa shape index (κ3) is 3.63. The Balaban J connectivity index is 1.90. The van der Waals surface area contributed by atoms with E-state index in [-0.39, 0.29) is 24.0 Å². The van der Waals surface area contributed by atoms with Gasteiger partial charge in [0.25, 0.3) is 5.91 Å². The summed E-state index contributed by atoms with van der Waals surface area (Å²) < 4.78 is 20.3. The average molecular weight is 446 g/mol. The number of hydrogen-bond donors (Lipinski definition) is 2. The Kier molecular flexibility index (Phi) is 5.13.